The van der Waals surface area contributed by atoms with Crippen LogP contribution in [-0.4, -0.2) is 36.5 Å². The van der Waals surface area contributed by atoms with Crippen LogP contribution in [0.15, 0.2) is 22.7 Å². The van der Waals surface area contributed by atoms with Crippen molar-refractivity contribution >= 4 is 27.5 Å². The Labute approximate surface area is 122 Å². The molecule has 19 heavy (non-hydrogen) atoms. The summed E-state index contributed by atoms with van der Waals surface area (Å²) in [4.78, 5) is 14.6. The van der Waals surface area contributed by atoms with Crippen LogP contribution in [0.1, 0.15) is 30.1 Å². The molecule has 0 aliphatic carbocycles. The van der Waals surface area contributed by atoms with Crippen molar-refractivity contribution in [2.45, 2.75) is 25.8 Å². The predicted molar refractivity (Wildman–Crippen MR) is 81.2 cm³/mol. The average molecular weight is 326 g/mol. The van der Waals surface area contributed by atoms with Gasteiger partial charge in [-0.2, -0.15) is 0 Å². The molecule has 0 radical (unpaired) electrons. The summed E-state index contributed by atoms with van der Waals surface area (Å²) in [6.07, 6.45) is 2.03. The van der Waals surface area contributed by atoms with Crippen molar-refractivity contribution in [3.8, 4) is 0 Å². The second-order valence-corrected chi connectivity index (χ2v) is 5.68. The van der Waals surface area contributed by atoms with Crippen LogP contribution < -0.4 is 11.1 Å². The molecule has 1 aromatic carbocycles. The monoisotopic (exact) mass is 325 g/mol. The third-order valence-corrected chi connectivity index (χ3v) is 4.53. The first kappa shape index (κ1) is 14.3. The second-order valence-electron chi connectivity index (χ2n) is 4.89. The molecule has 0 saturated carbocycles. The lowest BCUT2D eigenvalue weighted by Gasteiger charge is -2.31. The topological polar surface area (TPSA) is 58.4 Å². The molecular formula is C14H20BrN3O. The molecule has 1 fully saturated rings. The SMILES string of the molecule is CCN1CCC(NC(=O)c2cccc(N)c2Br)CC1. The van der Waals surface area contributed by atoms with Crippen molar-refractivity contribution in [3.05, 3.63) is 28.2 Å². The summed E-state index contributed by atoms with van der Waals surface area (Å²) in [6, 6.07) is 5.63. The van der Waals surface area contributed by atoms with E-state index in [4.69, 9.17) is 5.73 Å². The quantitative estimate of drug-likeness (QED) is 0.838. The molecule has 1 aliphatic heterocycles. The first-order valence-corrected chi connectivity index (χ1v) is 7.48. The summed E-state index contributed by atoms with van der Waals surface area (Å²) in [5, 5.41) is 3.10. The van der Waals surface area contributed by atoms with E-state index in [2.05, 4.69) is 33.1 Å². The number of piperidine rings is 1. The van der Waals surface area contributed by atoms with E-state index >= 15 is 0 Å². The number of rotatable bonds is 3. The fourth-order valence-electron chi connectivity index (χ4n) is 2.38. The molecule has 1 heterocycles. The number of carbonyl (C=O) groups excluding carboxylic acids is 1. The van der Waals surface area contributed by atoms with Crippen LogP contribution in [0, 0.1) is 0 Å². The minimum absolute atomic E-state index is 0.0471. The maximum atomic E-state index is 12.2. The summed E-state index contributed by atoms with van der Waals surface area (Å²) in [5.41, 5.74) is 6.99. The first-order chi connectivity index (χ1) is 9.11. The number of hydrogen-bond donors (Lipinski definition) is 2. The summed E-state index contributed by atoms with van der Waals surface area (Å²) in [7, 11) is 0. The number of likely N-dealkylation sites (tertiary alicyclic amines) is 1. The van der Waals surface area contributed by atoms with Gasteiger partial charge in [0.05, 0.1) is 10.0 Å². The van der Waals surface area contributed by atoms with Gasteiger partial charge < -0.3 is 16.0 Å². The Kier molecular flexibility index (Phi) is 4.82. The Hall–Kier alpha value is -1.07. The van der Waals surface area contributed by atoms with Crippen LogP contribution in [0.25, 0.3) is 0 Å². The number of nitrogens with two attached hydrogens (primary N) is 1. The van der Waals surface area contributed by atoms with Crippen LogP contribution >= 0.6 is 15.9 Å². The molecular weight excluding hydrogens is 306 g/mol. The molecule has 0 atom stereocenters. The summed E-state index contributed by atoms with van der Waals surface area (Å²) in [6.45, 7) is 5.36. The molecule has 1 amide bonds. The lowest BCUT2D eigenvalue weighted by molar-refractivity contribution is 0.0912. The van der Waals surface area contributed by atoms with E-state index in [1.165, 1.54) is 0 Å². The summed E-state index contributed by atoms with van der Waals surface area (Å²) >= 11 is 3.37. The number of halogens is 1. The van der Waals surface area contributed by atoms with Gasteiger partial charge in [0.2, 0.25) is 0 Å². The Balaban J connectivity index is 1.96. The van der Waals surface area contributed by atoms with Crippen LogP contribution in [0.4, 0.5) is 5.69 Å². The van der Waals surface area contributed by atoms with E-state index in [9.17, 15) is 4.79 Å². The van der Waals surface area contributed by atoms with Gasteiger partial charge >= 0.3 is 0 Å². The Morgan fingerprint density at radius 1 is 1.47 bits per heavy atom. The Morgan fingerprint density at radius 2 is 2.16 bits per heavy atom. The number of hydrogen-bond acceptors (Lipinski definition) is 3. The van der Waals surface area contributed by atoms with Crippen molar-refractivity contribution in [2.75, 3.05) is 25.4 Å². The van der Waals surface area contributed by atoms with Crippen LogP contribution in [0.3, 0.4) is 0 Å². The molecule has 0 spiro atoms. The molecule has 2 rings (SSSR count). The van der Waals surface area contributed by atoms with Gasteiger partial charge in [0.15, 0.2) is 0 Å². The van der Waals surface area contributed by atoms with E-state index in [0.29, 0.717) is 15.7 Å². The number of nitrogen functional groups attached to an aromatic ring is 1. The van der Waals surface area contributed by atoms with Gasteiger partial charge in [0, 0.05) is 24.8 Å². The molecule has 104 valence electrons. The first-order valence-electron chi connectivity index (χ1n) is 6.69. The molecule has 3 N–H and O–H groups in total. The third kappa shape index (κ3) is 3.48. The van der Waals surface area contributed by atoms with E-state index in [0.717, 1.165) is 32.5 Å². The van der Waals surface area contributed by atoms with Crippen LogP contribution in [0.5, 0.6) is 0 Å². The predicted octanol–water partition coefficient (Wildman–Crippen LogP) is 2.25. The van der Waals surface area contributed by atoms with Gasteiger partial charge in [0.25, 0.3) is 5.91 Å². The van der Waals surface area contributed by atoms with Gasteiger partial charge in [-0.15, -0.1) is 0 Å². The fourth-order valence-corrected chi connectivity index (χ4v) is 2.83. The number of nitrogens with zero attached hydrogens (tertiary/aromatic N) is 1. The number of anilines is 1. The highest BCUT2D eigenvalue weighted by Gasteiger charge is 2.21. The molecule has 1 saturated heterocycles. The lowest BCUT2D eigenvalue weighted by Crippen LogP contribution is -2.44. The zero-order valence-electron chi connectivity index (χ0n) is 11.2. The van der Waals surface area contributed by atoms with E-state index in [-0.39, 0.29) is 11.9 Å². The number of amides is 1. The molecule has 1 aliphatic rings. The van der Waals surface area contributed by atoms with Gasteiger partial charge in [-0.3, -0.25) is 4.79 Å². The fraction of sp³-hybridized carbons (Fsp3) is 0.500. The van der Waals surface area contributed by atoms with Crippen molar-refractivity contribution in [1.82, 2.24) is 10.2 Å². The zero-order valence-corrected chi connectivity index (χ0v) is 12.7. The van der Waals surface area contributed by atoms with Crippen molar-refractivity contribution in [3.63, 3.8) is 0 Å². The minimum Gasteiger partial charge on any atom is -0.398 e. The van der Waals surface area contributed by atoms with Crippen molar-refractivity contribution in [2.24, 2.45) is 0 Å². The molecule has 0 bridgehead atoms. The van der Waals surface area contributed by atoms with E-state index < -0.39 is 0 Å². The number of nitrogens with one attached hydrogen (secondary N) is 1. The normalized spacial score (nSPS) is 17.4. The Bertz CT molecular complexity index is 456. The number of benzene rings is 1. The number of carbonyl (C=O) groups is 1. The minimum atomic E-state index is -0.0471. The smallest absolute Gasteiger partial charge is 0.252 e. The van der Waals surface area contributed by atoms with Gasteiger partial charge in [-0.05, 0) is 47.4 Å². The summed E-state index contributed by atoms with van der Waals surface area (Å²) in [5.74, 6) is -0.0471. The molecule has 4 nitrogen and oxygen atoms in total. The highest BCUT2D eigenvalue weighted by Crippen LogP contribution is 2.24. The third-order valence-electron chi connectivity index (χ3n) is 3.64. The van der Waals surface area contributed by atoms with Gasteiger partial charge in [0.1, 0.15) is 0 Å². The molecule has 5 heteroatoms. The van der Waals surface area contributed by atoms with Crippen LogP contribution in [-0.2, 0) is 0 Å². The van der Waals surface area contributed by atoms with Gasteiger partial charge in [-0.25, -0.2) is 0 Å². The molecule has 0 aromatic heterocycles. The lowest BCUT2D eigenvalue weighted by atomic mass is 10.0. The highest BCUT2D eigenvalue weighted by molar-refractivity contribution is 9.10. The van der Waals surface area contributed by atoms with Gasteiger partial charge in [-0.1, -0.05) is 13.0 Å². The van der Waals surface area contributed by atoms with Crippen molar-refractivity contribution < 1.29 is 4.79 Å². The largest absolute Gasteiger partial charge is 0.398 e. The highest BCUT2D eigenvalue weighted by atomic mass is 79.9. The standard InChI is InChI=1S/C14H20BrN3O/c1-2-18-8-6-10(7-9-18)17-14(19)11-4-3-5-12(16)13(11)15/h3-5,10H,2,6-9,16H2,1H3,(H,17,19). The molecule has 1 aromatic rings. The zero-order chi connectivity index (χ0) is 13.8. The average Bonchev–Trinajstić information content (AvgIpc) is 2.42. The van der Waals surface area contributed by atoms with E-state index in [1.807, 2.05) is 0 Å². The van der Waals surface area contributed by atoms with Crippen LogP contribution in [0.2, 0.25) is 0 Å². The second kappa shape index (κ2) is 6.39. The van der Waals surface area contributed by atoms with E-state index in [1.54, 1.807) is 18.2 Å². The molecule has 0 unspecified atom stereocenters. The maximum Gasteiger partial charge on any atom is 0.252 e. The summed E-state index contributed by atoms with van der Waals surface area (Å²) < 4.78 is 0.679. The van der Waals surface area contributed by atoms with Crippen molar-refractivity contribution in [1.29, 1.82) is 0 Å². The Morgan fingerprint density at radius 3 is 2.79 bits per heavy atom. The maximum absolute atomic E-state index is 12.2.